The van der Waals surface area contributed by atoms with Gasteiger partial charge in [-0.2, -0.15) is 5.26 Å². The minimum absolute atomic E-state index is 0.0502. The van der Waals surface area contributed by atoms with Gasteiger partial charge < -0.3 is 25.1 Å². The van der Waals surface area contributed by atoms with Gasteiger partial charge in [-0.15, -0.1) is 0 Å². The topological polar surface area (TPSA) is 143 Å². The van der Waals surface area contributed by atoms with Crippen LogP contribution in [-0.4, -0.2) is 53.5 Å². The summed E-state index contributed by atoms with van der Waals surface area (Å²) >= 11 is 0. The van der Waals surface area contributed by atoms with E-state index in [0.717, 1.165) is 35.1 Å². The number of carbonyl (C=O) groups is 2. The number of likely N-dealkylation sites (tertiary alicyclic amines) is 1. The van der Waals surface area contributed by atoms with Gasteiger partial charge in [0.2, 0.25) is 17.8 Å². The number of phenolic OH excluding ortho intramolecular Hbond substituents is 1. The van der Waals surface area contributed by atoms with Crippen molar-refractivity contribution in [3.63, 3.8) is 0 Å². The fraction of sp³-hybridized carbons (Fsp3) is 0.333. The molecule has 0 unspecified atom stereocenters. The summed E-state index contributed by atoms with van der Waals surface area (Å²) in [5.41, 5.74) is 2.44. The first-order chi connectivity index (χ1) is 17.9. The summed E-state index contributed by atoms with van der Waals surface area (Å²) in [5, 5.41) is 28.0. The second kappa shape index (κ2) is 11.9. The Bertz CT molecular complexity index is 1320. The third-order valence-electron chi connectivity index (χ3n) is 6.12. The van der Waals surface area contributed by atoms with Crippen molar-refractivity contribution in [2.24, 2.45) is 4.99 Å². The smallest absolute Gasteiger partial charge is 0.247 e. The van der Waals surface area contributed by atoms with E-state index >= 15 is 0 Å². The number of fused-ring (bicyclic) bond motifs is 1. The van der Waals surface area contributed by atoms with Gasteiger partial charge in [-0.05, 0) is 74.6 Å². The number of nitriles is 1. The number of aliphatic imine (C=N–C) groups is 1. The summed E-state index contributed by atoms with van der Waals surface area (Å²) in [5.74, 6) is 0.674. The molecule has 1 saturated heterocycles. The standard InChI is InChI=1S/C27H30N6O4/c1-18-14-20-15-21(7-10-24(20)37-18)31-27(30-17-28)32-23-4-2-3-13-33(26(23)36)16-25(35)29-12-11-19-5-8-22(34)9-6-19/h5-10,14-15,23,34H,2-4,11-13,16H2,1H3,(H,29,35)(H2,30,31,32)/t23-/m0/s1. The summed E-state index contributed by atoms with van der Waals surface area (Å²) in [6.45, 7) is 2.72. The van der Waals surface area contributed by atoms with Crippen molar-refractivity contribution in [3.05, 3.63) is 59.9 Å². The second-order valence-corrected chi connectivity index (χ2v) is 8.99. The number of aromatic hydroxyl groups is 1. The van der Waals surface area contributed by atoms with Gasteiger partial charge in [-0.25, -0.2) is 4.99 Å². The van der Waals surface area contributed by atoms with Crippen molar-refractivity contribution in [2.45, 2.75) is 38.6 Å². The van der Waals surface area contributed by atoms with Crippen LogP contribution in [0.4, 0.5) is 5.69 Å². The summed E-state index contributed by atoms with van der Waals surface area (Å²) in [4.78, 5) is 31.8. The van der Waals surface area contributed by atoms with Crippen LogP contribution in [0.3, 0.4) is 0 Å². The van der Waals surface area contributed by atoms with E-state index in [9.17, 15) is 20.0 Å². The van der Waals surface area contributed by atoms with Gasteiger partial charge in [0.1, 0.15) is 23.1 Å². The van der Waals surface area contributed by atoms with E-state index in [-0.39, 0.29) is 30.1 Å². The molecule has 4 rings (SSSR count). The number of nitrogens with one attached hydrogen (secondary N) is 3. The van der Waals surface area contributed by atoms with Crippen LogP contribution in [0.5, 0.6) is 5.75 Å². The van der Waals surface area contributed by atoms with Gasteiger partial charge in [0.25, 0.3) is 0 Å². The number of carbonyl (C=O) groups excluding carboxylic acids is 2. The molecule has 2 amide bonds. The van der Waals surface area contributed by atoms with Crippen molar-refractivity contribution >= 4 is 34.4 Å². The van der Waals surface area contributed by atoms with Crippen LogP contribution in [-0.2, 0) is 16.0 Å². The number of guanidine groups is 1. The summed E-state index contributed by atoms with van der Waals surface area (Å²) < 4.78 is 5.60. The lowest BCUT2D eigenvalue weighted by Gasteiger charge is -2.22. The molecule has 3 aromatic rings. The van der Waals surface area contributed by atoms with Gasteiger partial charge >= 0.3 is 0 Å². The first kappa shape index (κ1) is 25.6. The maximum Gasteiger partial charge on any atom is 0.247 e. The van der Waals surface area contributed by atoms with Gasteiger partial charge in [-0.1, -0.05) is 12.1 Å². The van der Waals surface area contributed by atoms with Crippen molar-refractivity contribution in [2.75, 3.05) is 25.0 Å². The molecule has 10 heteroatoms. The van der Waals surface area contributed by atoms with Crippen molar-refractivity contribution in [1.82, 2.24) is 15.5 Å². The minimum Gasteiger partial charge on any atom is -0.508 e. The predicted octanol–water partition coefficient (Wildman–Crippen LogP) is 3.03. The molecule has 192 valence electrons. The fourth-order valence-corrected chi connectivity index (χ4v) is 4.29. The Kier molecular flexibility index (Phi) is 8.26. The summed E-state index contributed by atoms with van der Waals surface area (Å²) in [6, 6.07) is 13.5. The lowest BCUT2D eigenvalue weighted by molar-refractivity contribution is -0.136. The zero-order chi connectivity index (χ0) is 26.2. The molecule has 1 fully saturated rings. The summed E-state index contributed by atoms with van der Waals surface area (Å²) in [7, 11) is 0. The number of rotatable bonds is 7. The molecule has 0 saturated carbocycles. The van der Waals surface area contributed by atoms with Gasteiger partial charge in [-0.3, -0.25) is 14.9 Å². The van der Waals surface area contributed by atoms with E-state index in [2.05, 4.69) is 20.9 Å². The predicted molar refractivity (Wildman–Crippen MR) is 140 cm³/mol. The molecule has 1 atom stereocenters. The van der Waals surface area contributed by atoms with E-state index in [1.165, 1.54) is 4.90 Å². The SMILES string of the molecule is Cc1cc2cc(NC(=N[C@H]3CCCCN(CC(=O)NCCc4ccc(O)cc4)C3=O)NC#N)ccc2o1. The van der Waals surface area contributed by atoms with Gasteiger partial charge in [0.15, 0.2) is 6.19 Å². The lowest BCUT2D eigenvalue weighted by Crippen LogP contribution is -2.44. The monoisotopic (exact) mass is 502 g/mol. The molecule has 1 aliphatic rings. The highest BCUT2D eigenvalue weighted by molar-refractivity contribution is 5.98. The highest BCUT2D eigenvalue weighted by Crippen LogP contribution is 2.23. The maximum atomic E-state index is 13.2. The Labute approximate surface area is 215 Å². The molecule has 0 spiro atoms. The van der Waals surface area contributed by atoms with Crippen LogP contribution in [0.1, 0.15) is 30.6 Å². The molecule has 4 N–H and O–H groups in total. The normalized spacial score (nSPS) is 16.2. The number of nitrogens with zero attached hydrogens (tertiary/aromatic N) is 3. The van der Waals surface area contributed by atoms with E-state index in [1.54, 1.807) is 24.3 Å². The lowest BCUT2D eigenvalue weighted by atomic mass is 10.1. The molecule has 0 bridgehead atoms. The third-order valence-corrected chi connectivity index (χ3v) is 6.12. The van der Waals surface area contributed by atoms with Crippen LogP contribution in [0, 0.1) is 18.4 Å². The fourth-order valence-electron chi connectivity index (χ4n) is 4.29. The number of aryl methyl sites for hydroxylation is 1. The number of amides is 2. The highest BCUT2D eigenvalue weighted by atomic mass is 16.3. The Morgan fingerprint density at radius 1 is 1.22 bits per heavy atom. The molecular formula is C27H30N6O4. The van der Waals surface area contributed by atoms with E-state index in [1.807, 2.05) is 37.4 Å². The number of hydrogen-bond donors (Lipinski definition) is 4. The molecule has 0 aliphatic carbocycles. The van der Waals surface area contributed by atoms with Crippen molar-refractivity contribution in [1.29, 1.82) is 5.26 Å². The van der Waals surface area contributed by atoms with Crippen LogP contribution >= 0.6 is 0 Å². The zero-order valence-corrected chi connectivity index (χ0v) is 20.7. The van der Waals surface area contributed by atoms with Crippen LogP contribution < -0.4 is 16.0 Å². The van der Waals surface area contributed by atoms with Crippen molar-refractivity contribution in [3.8, 4) is 11.9 Å². The first-order valence-electron chi connectivity index (χ1n) is 12.2. The molecule has 2 aromatic carbocycles. The molecule has 1 aromatic heterocycles. The second-order valence-electron chi connectivity index (χ2n) is 8.99. The zero-order valence-electron chi connectivity index (χ0n) is 20.7. The third kappa shape index (κ3) is 7.01. The van der Waals surface area contributed by atoms with E-state index < -0.39 is 6.04 Å². The average molecular weight is 503 g/mol. The highest BCUT2D eigenvalue weighted by Gasteiger charge is 2.28. The molecule has 0 radical (unpaired) electrons. The quantitative estimate of drug-likeness (QED) is 0.168. The molecule has 1 aliphatic heterocycles. The molecule has 37 heavy (non-hydrogen) atoms. The Balaban J connectivity index is 1.38. The van der Waals surface area contributed by atoms with E-state index in [0.29, 0.717) is 31.6 Å². The number of benzene rings is 2. The number of furan rings is 1. The maximum absolute atomic E-state index is 13.2. The van der Waals surface area contributed by atoms with Crippen LogP contribution in [0.15, 0.2) is 57.9 Å². The molecular weight excluding hydrogens is 472 g/mol. The molecule has 2 heterocycles. The van der Waals surface area contributed by atoms with Gasteiger partial charge in [0, 0.05) is 24.2 Å². The number of phenols is 1. The van der Waals surface area contributed by atoms with Crippen LogP contribution in [0.2, 0.25) is 0 Å². The Morgan fingerprint density at radius 2 is 2.03 bits per heavy atom. The number of hydrogen-bond acceptors (Lipinski definition) is 6. The Morgan fingerprint density at radius 3 is 2.81 bits per heavy atom. The Hall–Kier alpha value is -4.52. The minimum atomic E-state index is -0.712. The van der Waals surface area contributed by atoms with E-state index in [4.69, 9.17) is 4.42 Å². The average Bonchev–Trinajstić information content (AvgIpc) is 3.16. The van der Waals surface area contributed by atoms with Crippen molar-refractivity contribution < 1.29 is 19.1 Å². The first-order valence-corrected chi connectivity index (χ1v) is 12.2. The van der Waals surface area contributed by atoms with Crippen LogP contribution in [0.25, 0.3) is 11.0 Å². The molecule has 10 nitrogen and oxygen atoms in total. The largest absolute Gasteiger partial charge is 0.508 e. The van der Waals surface area contributed by atoms with Gasteiger partial charge in [0.05, 0.1) is 6.54 Å². The number of anilines is 1. The summed E-state index contributed by atoms with van der Waals surface area (Å²) in [6.07, 6.45) is 4.55.